The molecule has 1 aliphatic rings. The molecule has 1 N–H and O–H groups in total. The number of hydrazone groups is 1. The number of hydrogen-bond donors (Lipinski definition) is 1. The maximum Gasteiger partial charge on any atom is 0.352 e. The molecule has 1 aromatic carbocycles. The molecule has 0 saturated carbocycles. The zero-order valence-electron chi connectivity index (χ0n) is 7.75. The molecule has 0 aliphatic carbocycles. The molecule has 0 radical (unpaired) electrons. The summed E-state index contributed by atoms with van der Waals surface area (Å²) in [5.41, 5.74) is 0.461. The second-order valence-electron chi connectivity index (χ2n) is 3.07. The third kappa shape index (κ3) is 1.71. The van der Waals surface area contributed by atoms with Crippen LogP contribution in [0.5, 0.6) is 0 Å². The maximum atomic E-state index is 11.4. The van der Waals surface area contributed by atoms with Crippen molar-refractivity contribution in [2.45, 2.75) is 6.42 Å². The van der Waals surface area contributed by atoms with Crippen LogP contribution in [0.1, 0.15) is 6.42 Å². The Bertz CT molecular complexity index is 439. The predicted octanol–water partition coefficient (Wildman–Crippen LogP) is 0.864. The largest absolute Gasteiger partial charge is 0.477 e. The van der Waals surface area contributed by atoms with Crippen molar-refractivity contribution in [1.29, 1.82) is 0 Å². The Balaban J connectivity index is 2.32. The van der Waals surface area contributed by atoms with Crippen LogP contribution in [-0.2, 0) is 9.59 Å². The molecule has 1 heterocycles. The molecule has 15 heavy (non-hydrogen) atoms. The quantitative estimate of drug-likeness (QED) is 0.776. The van der Waals surface area contributed by atoms with E-state index >= 15 is 0 Å². The first-order valence-electron chi connectivity index (χ1n) is 4.37. The van der Waals surface area contributed by atoms with Gasteiger partial charge in [0.25, 0.3) is 5.91 Å². The highest BCUT2D eigenvalue weighted by molar-refractivity contribution is 6.42. The monoisotopic (exact) mass is 204 g/mol. The van der Waals surface area contributed by atoms with E-state index < -0.39 is 5.97 Å². The van der Waals surface area contributed by atoms with Gasteiger partial charge in [0, 0.05) is 0 Å². The minimum absolute atomic E-state index is 0.121. The van der Waals surface area contributed by atoms with Gasteiger partial charge in [-0.1, -0.05) is 18.2 Å². The number of carbonyl (C=O) groups is 2. The number of carboxylic acids is 1. The molecule has 76 valence electrons. The summed E-state index contributed by atoms with van der Waals surface area (Å²) in [5, 5.41) is 13.5. The van der Waals surface area contributed by atoms with E-state index in [1.54, 1.807) is 24.3 Å². The van der Waals surface area contributed by atoms with Crippen LogP contribution in [0.3, 0.4) is 0 Å². The van der Waals surface area contributed by atoms with Crippen molar-refractivity contribution >= 4 is 23.3 Å². The standard InChI is InChI=1S/C10H8N2O3/c13-9-6-8(10(14)15)11-12(9)7-4-2-1-3-5-7/h1-5H,6H2,(H,14,15). The van der Waals surface area contributed by atoms with Crippen molar-refractivity contribution in [3.8, 4) is 0 Å². The van der Waals surface area contributed by atoms with Gasteiger partial charge in [0.15, 0.2) is 5.71 Å². The second kappa shape index (κ2) is 3.53. The number of para-hydroxylation sites is 1. The molecule has 1 aliphatic heterocycles. The van der Waals surface area contributed by atoms with Crippen LogP contribution in [-0.4, -0.2) is 22.7 Å². The normalized spacial score (nSPS) is 15.3. The second-order valence-corrected chi connectivity index (χ2v) is 3.07. The molecule has 1 aromatic rings. The van der Waals surface area contributed by atoms with Gasteiger partial charge in [-0.2, -0.15) is 10.1 Å². The van der Waals surface area contributed by atoms with E-state index in [-0.39, 0.29) is 18.0 Å². The lowest BCUT2D eigenvalue weighted by molar-refractivity contribution is -0.129. The van der Waals surface area contributed by atoms with Crippen molar-refractivity contribution in [1.82, 2.24) is 0 Å². The minimum atomic E-state index is -1.15. The first-order valence-corrected chi connectivity index (χ1v) is 4.37. The number of nitrogens with zero attached hydrogens (tertiary/aromatic N) is 2. The summed E-state index contributed by atoms with van der Waals surface area (Å²) < 4.78 is 0. The van der Waals surface area contributed by atoms with Gasteiger partial charge in [-0.05, 0) is 12.1 Å². The molecule has 5 heteroatoms. The Labute approximate surface area is 85.6 Å². The number of carboxylic acid groups (broad SMARTS) is 1. The molecule has 5 nitrogen and oxygen atoms in total. The Morgan fingerprint density at radius 1 is 1.33 bits per heavy atom. The topological polar surface area (TPSA) is 70.0 Å². The van der Waals surface area contributed by atoms with Crippen LogP contribution in [0.4, 0.5) is 5.69 Å². The average molecular weight is 204 g/mol. The number of benzene rings is 1. The van der Waals surface area contributed by atoms with E-state index in [0.717, 1.165) is 5.01 Å². The smallest absolute Gasteiger partial charge is 0.352 e. The molecule has 0 spiro atoms. The summed E-state index contributed by atoms with van der Waals surface area (Å²) in [6, 6.07) is 8.73. The summed E-state index contributed by atoms with van der Waals surface area (Å²) >= 11 is 0. The summed E-state index contributed by atoms with van der Waals surface area (Å²) in [5.74, 6) is -1.47. The van der Waals surface area contributed by atoms with Gasteiger partial charge in [0.2, 0.25) is 0 Å². The van der Waals surface area contributed by atoms with E-state index in [4.69, 9.17) is 5.11 Å². The Kier molecular flexibility index (Phi) is 2.21. The first kappa shape index (κ1) is 9.39. The molecule has 1 amide bonds. The van der Waals surface area contributed by atoms with Crippen molar-refractivity contribution < 1.29 is 14.7 Å². The number of rotatable bonds is 2. The van der Waals surface area contributed by atoms with Gasteiger partial charge in [-0.15, -0.1) is 0 Å². The Morgan fingerprint density at radius 2 is 2.00 bits per heavy atom. The summed E-state index contributed by atoms with van der Waals surface area (Å²) in [6.07, 6.45) is -0.149. The van der Waals surface area contributed by atoms with Crippen LogP contribution in [0.25, 0.3) is 0 Å². The first-order chi connectivity index (χ1) is 7.18. The number of hydrogen-bond acceptors (Lipinski definition) is 3. The lowest BCUT2D eigenvalue weighted by Gasteiger charge is -2.10. The van der Waals surface area contributed by atoms with E-state index in [1.165, 1.54) is 0 Å². The Hall–Kier alpha value is -2.17. The van der Waals surface area contributed by atoms with E-state index in [1.807, 2.05) is 6.07 Å². The third-order valence-electron chi connectivity index (χ3n) is 2.02. The molecule has 0 atom stereocenters. The SMILES string of the molecule is O=C(O)C1=NN(c2ccccc2)C(=O)C1. The zero-order chi connectivity index (χ0) is 10.8. The molecular weight excluding hydrogens is 196 g/mol. The van der Waals surface area contributed by atoms with Crippen molar-refractivity contribution in [2.75, 3.05) is 5.01 Å². The molecular formula is C10H8N2O3. The predicted molar refractivity (Wildman–Crippen MR) is 53.6 cm³/mol. The zero-order valence-corrected chi connectivity index (χ0v) is 7.75. The van der Waals surface area contributed by atoms with Crippen molar-refractivity contribution in [2.24, 2.45) is 5.10 Å². The highest BCUT2D eigenvalue weighted by Gasteiger charge is 2.28. The van der Waals surface area contributed by atoms with Gasteiger partial charge >= 0.3 is 5.97 Å². The third-order valence-corrected chi connectivity index (χ3v) is 2.02. The number of carbonyl (C=O) groups excluding carboxylic acids is 1. The number of aliphatic carboxylic acids is 1. The van der Waals surface area contributed by atoms with E-state index in [2.05, 4.69) is 5.10 Å². The molecule has 0 fully saturated rings. The highest BCUT2D eigenvalue weighted by atomic mass is 16.4. The van der Waals surface area contributed by atoms with Crippen molar-refractivity contribution in [3.05, 3.63) is 30.3 Å². The van der Waals surface area contributed by atoms with Gasteiger partial charge in [-0.3, -0.25) is 4.79 Å². The lowest BCUT2D eigenvalue weighted by Crippen LogP contribution is -2.19. The number of amides is 1. The molecule has 0 aromatic heterocycles. The van der Waals surface area contributed by atoms with Crippen LogP contribution < -0.4 is 5.01 Å². The van der Waals surface area contributed by atoms with Crippen LogP contribution in [0, 0.1) is 0 Å². The van der Waals surface area contributed by atoms with Gasteiger partial charge < -0.3 is 5.11 Å². The number of anilines is 1. The minimum Gasteiger partial charge on any atom is -0.477 e. The van der Waals surface area contributed by atoms with E-state index in [0.29, 0.717) is 5.69 Å². The summed E-state index contributed by atoms with van der Waals surface area (Å²) in [7, 11) is 0. The highest BCUT2D eigenvalue weighted by Crippen LogP contribution is 2.19. The average Bonchev–Trinajstić information content (AvgIpc) is 2.62. The molecule has 2 rings (SSSR count). The van der Waals surface area contributed by atoms with Gasteiger partial charge in [0.1, 0.15) is 0 Å². The van der Waals surface area contributed by atoms with E-state index in [9.17, 15) is 9.59 Å². The van der Waals surface area contributed by atoms with Gasteiger partial charge in [-0.25, -0.2) is 4.79 Å². The molecule has 0 unspecified atom stereocenters. The fourth-order valence-electron chi connectivity index (χ4n) is 1.32. The Morgan fingerprint density at radius 3 is 2.53 bits per heavy atom. The fourth-order valence-corrected chi connectivity index (χ4v) is 1.32. The van der Waals surface area contributed by atoms with Gasteiger partial charge in [0.05, 0.1) is 12.1 Å². The maximum absolute atomic E-state index is 11.4. The van der Waals surface area contributed by atoms with Crippen molar-refractivity contribution in [3.63, 3.8) is 0 Å². The fraction of sp³-hybridized carbons (Fsp3) is 0.100. The van der Waals surface area contributed by atoms with Crippen LogP contribution >= 0.6 is 0 Å². The summed E-state index contributed by atoms with van der Waals surface area (Å²) in [4.78, 5) is 22.1. The van der Waals surface area contributed by atoms with Crippen LogP contribution in [0.2, 0.25) is 0 Å². The molecule has 0 saturated heterocycles. The lowest BCUT2D eigenvalue weighted by atomic mass is 10.2. The van der Waals surface area contributed by atoms with Crippen LogP contribution in [0.15, 0.2) is 35.4 Å². The summed E-state index contributed by atoms with van der Waals surface area (Å²) in [6.45, 7) is 0. The molecule has 0 bridgehead atoms.